The van der Waals surface area contributed by atoms with Crippen LogP contribution in [0.25, 0.3) is 0 Å². The highest BCUT2D eigenvalue weighted by Gasteiger charge is 2.40. The van der Waals surface area contributed by atoms with Gasteiger partial charge in [-0.15, -0.1) is 0 Å². The Bertz CT molecular complexity index is 411. The van der Waals surface area contributed by atoms with E-state index in [4.69, 9.17) is 10.8 Å². The molecule has 3 N–H and O–H groups in total. The SMILES string of the molecule is N[C@@H](c1ccc(C(F)(F)F)cc1O)C(F)(F)F. The molecule has 0 unspecified atom stereocenters. The number of nitrogens with two attached hydrogens (primary N) is 1. The van der Waals surface area contributed by atoms with E-state index in [0.29, 0.717) is 12.1 Å². The normalized spacial score (nSPS) is 14.8. The first-order valence-corrected chi connectivity index (χ1v) is 4.26. The summed E-state index contributed by atoms with van der Waals surface area (Å²) in [6.45, 7) is 0. The van der Waals surface area contributed by atoms with Crippen LogP contribution < -0.4 is 5.73 Å². The molecule has 96 valence electrons. The maximum atomic E-state index is 12.2. The van der Waals surface area contributed by atoms with E-state index in [1.807, 2.05) is 0 Å². The molecule has 1 aromatic carbocycles. The van der Waals surface area contributed by atoms with Gasteiger partial charge in [-0.3, -0.25) is 0 Å². The standard InChI is InChI=1S/C9H7F6NO/c10-8(11,12)4-1-2-5(6(17)3-4)7(16)9(13,14)15/h1-3,7,17H,16H2/t7-/m0/s1. The number of hydrogen-bond donors (Lipinski definition) is 2. The first-order valence-electron chi connectivity index (χ1n) is 4.26. The van der Waals surface area contributed by atoms with Crippen molar-refractivity contribution in [2.45, 2.75) is 18.4 Å². The minimum absolute atomic E-state index is 0.209. The van der Waals surface area contributed by atoms with Crippen LogP contribution >= 0.6 is 0 Å². The van der Waals surface area contributed by atoms with E-state index >= 15 is 0 Å². The fraction of sp³-hybridized carbons (Fsp3) is 0.333. The molecule has 0 aliphatic heterocycles. The van der Waals surface area contributed by atoms with Crippen LogP contribution in [0.15, 0.2) is 18.2 Å². The highest BCUT2D eigenvalue weighted by atomic mass is 19.4. The minimum atomic E-state index is -4.84. The first-order chi connectivity index (χ1) is 7.53. The van der Waals surface area contributed by atoms with Crippen LogP contribution in [0.4, 0.5) is 26.3 Å². The molecule has 1 aromatic rings. The summed E-state index contributed by atoms with van der Waals surface area (Å²) in [4.78, 5) is 0. The summed E-state index contributed by atoms with van der Waals surface area (Å²) in [6, 6.07) is -1.37. The van der Waals surface area contributed by atoms with Crippen LogP contribution in [-0.4, -0.2) is 11.3 Å². The number of aromatic hydroxyl groups is 1. The molecule has 0 fully saturated rings. The van der Waals surface area contributed by atoms with Crippen molar-refractivity contribution in [2.75, 3.05) is 0 Å². The summed E-state index contributed by atoms with van der Waals surface area (Å²) in [5.74, 6) is -1.13. The molecule has 0 saturated carbocycles. The van der Waals surface area contributed by atoms with Gasteiger partial charge >= 0.3 is 12.4 Å². The zero-order chi connectivity index (χ0) is 13.4. The smallest absolute Gasteiger partial charge is 0.416 e. The number of rotatable bonds is 1. The lowest BCUT2D eigenvalue weighted by molar-refractivity contribution is -0.149. The number of halogens is 6. The van der Waals surface area contributed by atoms with Gasteiger partial charge < -0.3 is 10.8 Å². The van der Waals surface area contributed by atoms with E-state index in [1.54, 1.807) is 0 Å². The Balaban J connectivity index is 3.15. The molecule has 0 bridgehead atoms. The van der Waals surface area contributed by atoms with Crippen molar-refractivity contribution in [3.05, 3.63) is 29.3 Å². The van der Waals surface area contributed by atoms with Gasteiger partial charge in [0.2, 0.25) is 0 Å². The van der Waals surface area contributed by atoms with Gasteiger partial charge in [-0.1, -0.05) is 6.07 Å². The van der Waals surface area contributed by atoms with Gasteiger partial charge in [0.15, 0.2) is 0 Å². The molecule has 0 saturated heterocycles. The summed E-state index contributed by atoms with van der Waals surface area (Å²) in [5.41, 5.74) is 2.72. The molecule has 17 heavy (non-hydrogen) atoms. The average molecular weight is 259 g/mol. The summed E-state index contributed by atoms with van der Waals surface area (Å²) < 4.78 is 73.1. The number of hydrogen-bond acceptors (Lipinski definition) is 2. The fourth-order valence-corrected chi connectivity index (χ4v) is 1.16. The fourth-order valence-electron chi connectivity index (χ4n) is 1.16. The predicted octanol–water partition coefficient (Wildman–Crippen LogP) is 2.97. The lowest BCUT2D eigenvalue weighted by atomic mass is 10.0. The molecular weight excluding hydrogens is 252 g/mol. The van der Waals surface area contributed by atoms with E-state index < -0.39 is 35.3 Å². The topological polar surface area (TPSA) is 46.2 Å². The Kier molecular flexibility index (Phi) is 3.28. The highest BCUT2D eigenvalue weighted by Crippen LogP contribution is 2.38. The van der Waals surface area contributed by atoms with Crippen LogP contribution in [0.3, 0.4) is 0 Å². The number of phenolic OH excluding ortho intramolecular Hbond substituents is 1. The third-order valence-corrected chi connectivity index (χ3v) is 2.05. The molecule has 2 nitrogen and oxygen atoms in total. The van der Waals surface area contributed by atoms with E-state index in [1.165, 1.54) is 0 Å². The molecule has 1 atom stereocenters. The largest absolute Gasteiger partial charge is 0.508 e. The molecular formula is C9H7F6NO. The van der Waals surface area contributed by atoms with Crippen molar-refractivity contribution in [3.63, 3.8) is 0 Å². The van der Waals surface area contributed by atoms with Gasteiger partial charge in [0, 0.05) is 5.56 Å². The molecule has 0 aromatic heterocycles. The third-order valence-electron chi connectivity index (χ3n) is 2.05. The Hall–Kier alpha value is -1.44. The van der Waals surface area contributed by atoms with Crippen molar-refractivity contribution < 1.29 is 31.4 Å². The van der Waals surface area contributed by atoms with E-state index in [9.17, 15) is 26.3 Å². The molecule has 0 aliphatic rings. The van der Waals surface area contributed by atoms with Crippen molar-refractivity contribution in [3.8, 4) is 5.75 Å². The van der Waals surface area contributed by atoms with Crippen LogP contribution in [0.5, 0.6) is 5.75 Å². The van der Waals surface area contributed by atoms with Gasteiger partial charge in [0.1, 0.15) is 11.8 Å². The lowest BCUT2D eigenvalue weighted by Gasteiger charge is -2.18. The summed E-state index contributed by atoms with van der Waals surface area (Å²) in [5, 5.41) is 9.11. The average Bonchev–Trinajstić information content (AvgIpc) is 2.13. The van der Waals surface area contributed by atoms with Gasteiger partial charge in [-0.25, -0.2) is 0 Å². The molecule has 0 radical (unpaired) electrons. The maximum Gasteiger partial charge on any atom is 0.416 e. The van der Waals surface area contributed by atoms with Gasteiger partial charge in [0.05, 0.1) is 5.56 Å². The van der Waals surface area contributed by atoms with Crippen molar-refractivity contribution in [1.29, 1.82) is 0 Å². The molecule has 0 amide bonds. The predicted molar refractivity (Wildman–Crippen MR) is 46.1 cm³/mol. The van der Waals surface area contributed by atoms with E-state index in [2.05, 4.69) is 0 Å². The lowest BCUT2D eigenvalue weighted by Crippen LogP contribution is -2.28. The monoisotopic (exact) mass is 259 g/mol. The molecule has 0 heterocycles. The molecule has 0 aliphatic carbocycles. The third kappa shape index (κ3) is 3.02. The van der Waals surface area contributed by atoms with Crippen LogP contribution in [-0.2, 0) is 6.18 Å². The number of benzene rings is 1. The van der Waals surface area contributed by atoms with E-state index in [0.717, 1.165) is 0 Å². The summed E-state index contributed by atoms with van der Waals surface area (Å²) in [7, 11) is 0. The Morgan fingerprint density at radius 2 is 1.59 bits per heavy atom. The van der Waals surface area contributed by atoms with Crippen molar-refractivity contribution in [2.24, 2.45) is 5.73 Å². The zero-order valence-corrected chi connectivity index (χ0v) is 8.10. The van der Waals surface area contributed by atoms with Crippen molar-refractivity contribution >= 4 is 0 Å². The quantitative estimate of drug-likeness (QED) is 0.761. The second-order valence-corrected chi connectivity index (χ2v) is 3.29. The number of alkyl halides is 6. The second-order valence-electron chi connectivity index (χ2n) is 3.29. The Morgan fingerprint density at radius 1 is 1.06 bits per heavy atom. The summed E-state index contributed by atoms with van der Waals surface area (Å²) in [6.07, 6.45) is -9.57. The first kappa shape index (κ1) is 13.6. The molecule has 1 rings (SSSR count). The van der Waals surface area contributed by atoms with Crippen LogP contribution in [0.1, 0.15) is 17.2 Å². The zero-order valence-electron chi connectivity index (χ0n) is 8.10. The Labute approximate surface area is 91.7 Å². The number of phenols is 1. The summed E-state index contributed by atoms with van der Waals surface area (Å²) >= 11 is 0. The second kappa shape index (κ2) is 4.10. The van der Waals surface area contributed by atoms with Crippen LogP contribution in [0.2, 0.25) is 0 Å². The van der Waals surface area contributed by atoms with Crippen LogP contribution in [0, 0.1) is 0 Å². The maximum absolute atomic E-state index is 12.2. The van der Waals surface area contributed by atoms with Gasteiger partial charge in [0.25, 0.3) is 0 Å². The molecule has 8 heteroatoms. The van der Waals surface area contributed by atoms with Gasteiger partial charge in [-0.2, -0.15) is 26.3 Å². The van der Waals surface area contributed by atoms with Gasteiger partial charge in [-0.05, 0) is 12.1 Å². The minimum Gasteiger partial charge on any atom is -0.508 e. The van der Waals surface area contributed by atoms with Crippen molar-refractivity contribution in [1.82, 2.24) is 0 Å². The molecule has 0 spiro atoms. The highest BCUT2D eigenvalue weighted by molar-refractivity contribution is 5.40. The Morgan fingerprint density at radius 3 is 1.94 bits per heavy atom. The van der Waals surface area contributed by atoms with E-state index in [-0.39, 0.29) is 6.07 Å².